The predicted octanol–water partition coefficient (Wildman–Crippen LogP) is 2.03. The van der Waals surface area contributed by atoms with Crippen LogP contribution >= 0.6 is 0 Å². The van der Waals surface area contributed by atoms with Gasteiger partial charge in [-0.1, -0.05) is 25.0 Å². The maximum atomic E-state index is 3.47. The monoisotopic (exact) mass is 196 g/mol. The summed E-state index contributed by atoms with van der Waals surface area (Å²) in [4.78, 5) is 2.60. The summed E-state index contributed by atoms with van der Waals surface area (Å²) in [5.41, 5.74) is 1.43. The Morgan fingerprint density at radius 2 is 2.29 bits per heavy atom. The van der Waals surface area contributed by atoms with E-state index in [1.165, 1.54) is 31.5 Å². The largest absolute Gasteiger partial charge is 0.314 e. The molecule has 0 aromatic rings. The summed E-state index contributed by atoms with van der Waals surface area (Å²) >= 11 is 0. The van der Waals surface area contributed by atoms with E-state index in [-0.39, 0.29) is 0 Å². The zero-order valence-electron chi connectivity index (χ0n) is 9.84. The summed E-state index contributed by atoms with van der Waals surface area (Å²) in [6.07, 6.45) is 4.95. The standard InChI is InChI=1S/C12H24N2/c1-4-5-12-10-13-7-9-14(12)8-6-11(2)3/h6,12-13H,4-5,7-10H2,1-3H3. The van der Waals surface area contributed by atoms with Crippen molar-refractivity contribution in [3.8, 4) is 0 Å². The van der Waals surface area contributed by atoms with Crippen molar-refractivity contribution in [3.63, 3.8) is 0 Å². The molecule has 1 saturated heterocycles. The molecule has 1 unspecified atom stereocenters. The average Bonchev–Trinajstić information content (AvgIpc) is 2.17. The molecule has 0 aliphatic carbocycles. The molecule has 0 aromatic heterocycles. The summed E-state index contributed by atoms with van der Waals surface area (Å²) in [6, 6.07) is 0.754. The minimum Gasteiger partial charge on any atom is -0.314 e. The van der Waals surface area contributed by atoms with E-state index in [0.717, 1.165) is 19.1 Å². The van der Waals surface area contributed by atoms with Crippen LogP contribution in [-0.2, 0) is 0 Å². The maximum absolute atomic E-state index is 3.47. The predicted molar refractivity (Wildman–Crippen MR) is 62.6 cm³/mol. The van der Waals surface area contributed by atoms with Crippen LogP contribution in [0.1, 0.15) is 33.6 Å². The van der Waals surface area contributed by atoms with Gasteiger partial charge >= 0.3 is 0 Å². The molecular formula is C12H24N2. The molecule has 1 atom stereocenters. The lowest BCUT2D eigenvalue weighted by atomic mass is 10.1. The molecule has 0 saturated carbocycles. The van der Waals surface area contributed by atoms with Gasteiger partial charge in [0, 0.05) is 32.2 Å². The summed E-state index contributed by atoms with van der Waals surface area (Å²) in [7, 11) is 0. The highest BCUT2D eigenvalue weighted by Gasteiger charge is 2.19. The van der Waals surface area contributed by atoms with E-state index in [2.05, 4.69) is 37.1 Å². The Balaban J connectivity index is 2.41. The highest BCUT2D eigenvalue weighted by molar-refractivity contribution is 4.96. The summed E-state index contributed by atoms with van der Waals surface area (Å²) < 4.78 is 0. The first-order valence-corrected chi connectivity index (χ1v) is 5.82. The van der Waals surface area contributed by atoms with E-state index in [1.807, 2.05) is 0 Å². The Morgan fingerprint density at radius 3 is 2.93 bits per heavy atom. The van der Waals surface area contributed by atoms with Gasteiger partial charge in [-0.25, -0.2) is 0 Å². The number of nitrogens with zero attached hydrogens (tertiary/aromatic N) is 1. The number of piperazine rings is 1. The van der Waals surface area contributed by atoms with Gasteiger partial charge in [-0.05, 0) is 20.3 Å². The highest BCUT2D eigenvalue weighted by Crippen LogP contribution is 2.09. The number of allylic oxidation sites excluding steroid dienone is 1. The fourth-order valence-electron chi connectivity index (χ4n) is 1.96. The summed E-state index contributed by atoms with van der Waals surface area (Å²) in [6.45, 7) is 11.3. The lowest BCUT2D eigenvalue weighted by Crippen LogP contribution is -2.51. The molecule has 14 heavy (non-hydrogen) atoms. The van der Waals surface area contributed by atoms with Gasteiger partial charge in [0.2, 0.25) is 0 Å². The minimum atomic E-state index is 0.754. The second kappa shape index (κ2) is 6.20. The number of rotatable bonds is 4. The Morgan fingerprint density at radius 1 is 1.50 bits per heavy atom. The lowest BCUT2D eigenvalue weighted by Gasteiger charge is -2.35. The Labute approximate surface area is 88.4 Å². The van der Waals surface area contributed by atoms with E-state index in [9.17, 15) is 0 Å². The van der Waals surface area contributed by atoms with Crippen molar-refractivity contribution < 1.29 is 0 Å². The van der Waals surface area contributed by atoms with Gasteiger partial charge < -0.3 is 5.32 Å². The van der Waals surface area contributed by atoms with Crippen LogP contribution in [0.15, 0.2) is 11.6 Å². The fraction of sp³-hybridized carbons (Fsp3) is 0.833. The van der Waals surface area contributed by atoms with Gasteiger partial charge in [-0.3, -0.25) is 4.90 Å². The van der Waals surface area contributed by atoms with Gasteiger partial charge in [-0.2, -0.15) is 0 Å². The molecule has 1 heterocycles. The van der Waals surface area contributed by atoms with Crippen LogP contribution in [0.4, 0.5) is 0 Å². The normalized spacial score (nSPS) is 23.5. The molecule has 1 aliphatic rings. The number of nitrogens with one attached hydrogen (secondary N) is 1. The molecule has 1 aliphatic heterocycles. The molecule has 0 radical (unpaired) electrons. The smallest absolute Gasteiger partial charge is 0.0224 e. The van der Waals surface area contributed by atoms with Gasteiger partial charge in [-0.15, -0.1) is 0 Å². The fourth-order valence-corrected chi connectivity index (χ4v) is 1.96. The number of hydrogen-bond acceptors (Lipinski definition) is 2. The van der Waals surface area contributed by atoms with Crippen molar-refractivity contribution in [3.05, 3.63) is 11.6 Å². The first-order valence-electron chi connectivity index (χ1n) is 5.82. The second-order valence-electron chi connectivity index (χ2n) is 4.42. The molecule has 2 nitrogen and oxygen atoms in total. The summed E-state index contributed by atoms with van der Waals surface area (Å²) in [5.74, 6) is 0. The lowest BCUT2D eigenvalue weighted by molar-refractivity contribution is 0.169. The Kier molecular flexibility index (Phi) is 5.20. The third-order valence-electron chi connectivity index (χ3n) is 2.83. The van der Waals surface area contributed by atoms with Gasteiger partial charge in [0.25, 0.3) is 0 Å². The Hall–Kier alpha value is -0.340. The van der Waals surface area contributed by atoms with Gasteiger partial charge in [0.15, 0.2) is 0 Å². The number of hydrogen-bond donors (Lipinski definition) is 1. The minimum absolute atomic E-state index is 0.754. The van der Waals surface area contributed by atoms with Crippen LogP contribution in [0.5, 0.6) is 0 Å². The second-order valence-corrected chi connectivity index (χ2v) is 4.42. The van der Waals surface area contributed by atoms with E-state index in [4.69, 9.17) is 0 Å². The van der Waals surface area contributed by atoms with Crippen LogP contribution in [0.2, 0.25) is 0 Å². The van der Waals surface area contributed by atoms with E-state index < -0.39 is 0 Å². The van der Waals surface area contributed by atoms with Crippen molar-refractivity contribution in [1.82, 2.24) is 10.2 Å². The topological polar surface area (TPSA) is 15.3 Å². The molecule has 82 valence electrons. The van der Waals surface area contributed by atoms with Crippen LogP contribution in [0, 0.1) is 0 Å². The molecule has 1 rings (SSSR count). The van der Waals surface area contributed by atoms with Crippen LogP contribution < -0.4 is 5.32 Å². The van der Waals surface area contributed by atoms with E-state index in [0.29, 0.717) is 0 Å². The third-order valence-corrected chi connectivity index (χ3v) is 2.83. The zero-order valence-corrected chi connectivity index (χ0v) is 9.84. The highest BCUT2D eigenvalue weighted by atomic mass is 15.2. The van der Waals surface area contributed by atoms with Crippen molar-refractivity contribution in [2.45, 2.75) is 39.7 Å². The maximum Gasteiger partial charge on any atom is 0.0224 e. The van der Waals surface area contributed by atoms with Crippen molar-refractivity contribution in [2.24, 2.45) is 0 Å². The molecule has 1 fully saturated rings. The first-order chi connectivity index (χ1) is 6.74. The van der Waals surface area contributed by atoms with E-state index in [1.54, 1.807) is 0 Å². The van der Waals surface area contributed by atoms with Gasteiger partial charge in [0.05, 0.1) is 0 Å². The summed E-state index contributed by atoms with van der Waals surface area (Å²) in [5, 5.41) is 3.47. The SMILES string of the molecule is CCCC1CNCCN1CC=C(C)C. The van der Waals surface area contributed by atoms with Crippen LogP contribution in [0.3, 0.4) is 0 Å². The molecule has 0 aromatic carbocycles. The average molecular weight is 196 g/mol. The van der Waals surface area contributed by atoms with Crippen molar-refractivity contribution >= 4 is 0 Å². The van der Waals surface area contributed by atoms with Crippen molar-refractivity contribution in [2.75, 3.05) is 26.2 Å². The van der Waals surface area contributed by atoms with Crippen LogP contribution in [-0.4, -0.2) is 37.1 Å². The molecule has 1 N–H and O–H groups in total. The third kappa shape index (κ3) is 3.81. The van der Waals surface area contributed by atoms with Crippen LogP contribution in [0.25, 0.3) is 0 Å². The quantitative estimate of drug-likeness (QED) is 0.692. The molecule has 2 heteroatoms. The Bertz CT molecular complexity index is 181. The zero-order chi connectivity index (χ0) is 10.4. The first kappa shape index (κ1) is 11.7. The molecule has 0 spiro atoms. The molecule has 0 amide bonds. The molecular weight excluding hydrogens is 172 g/mol. The van der Waals surface area contributed by atoms with E-state index >= 15 is 0 Å². The molecule has 0 bridgehead atoms. The van der Waals surface area contributed by atoms with Gasteiger partial charge in [0.1, 0.15) is 0 Å². The van der Waals surface area contributed by atoms with Crippen molar-refractivity contribution in [1.29, 1.82) is 0 Å².